The number of hydrogen-bond donors (Lipinski definition) is 2. The van der Waals surface area contributed by atoms with Gasteiger partial charge in [0, 0.05) is 37.4 Å². The lowest BCUT2D eigenvalue weighted by atomic mass is 10.1. The summed E-state index contributed by atoms with van der Waals surface area (Å²) in [6.45, 7) is 3.22. The van der Waals surface area contributed by atoms with Gasteiger partial charge in [0.05, 0.1) is 35.0 Å². The summed E-state index contributed by atoms with van der Waals surface area (Å²) in [6.07, 6.45) is 0.625. The van der Waals surface area contributed by atoms with E-state index in [2.05, 4.69) is 15.6 Å². The summed E-state index contributed by atoms with van der Waals surface area (Å²) in [5.74, 6) is 4.35. The van der Waals surface area contributed by atoms with E-state index < -0.39 is 0 Å². The smallest absolute Gasteiger partial charge is 0.191 e. The van der Waals surface area contributed by atoms with Crippen LogP contribution in [-0.4, -0.2) is 60.6 Å². The summed E-state index contributed by atoms with van der Waals surface area (Å²) in [5, 5.41) is 6.59. The summed E-state index contributed by atoms with van der Waals surface area (Å²) >= 11 is 0. The highest BCUT2D eigenvalue weighted by Crippen LogP contribution is 2.34. The third-order valence-electron chi connectivity index (χ3n) is 4.64. The molecule has 2 rings (SSSR count). The van der Waals surface area contributed by atoms with Crippen molar-refractivity contribution in [3.63, 3.8) is 0 Å². The number of ether oxygens (including phenoxy) is 5. The molecule has 0 aliphatic rings. The van der Waals surface area contributed by atoms with E-state index in [0.29, 0.717) is 31.2 Å². The van der Waals surface area contributed by atoms with Gasteiger partial charge in [0.25, 0.3) is 0 Å². The molecule has 0 radical (unpaired) electrons. The maximum atomic E-state index is 5.94. The van der Waals surface area contributed by atoms with Crippen LogP contribution in [-0.2, 0) is 6.42 Å². The van der Waals surface area contributed by atoms with Gasteiger partial charge in [0.15, 0.2) is 5.96 Å². The van der Waals surface area contributed by atoms with Crippen LogP contribution in [0.1, 0.15) is 12.5 Å². The minimum absolute atomic E-state index is 0. The highest BCUT2D eigenvalue weighted by molar-refractivity contribution is 14.0. The molecule has 0 aliphatic heterocycles. The lowest BCUT2D eigenvalue weighted by molar-refractivity contribution is 0.223. The monoisotopic (exact) mass is 559 g/mol. The number of rotatable bonds is 11. The number of nitrogens with one attached hydrogen (secondary N) is 2. The van der Waals surface area contributed by atoms with Gasteiger partial charge < -0.3 is 34.3 Å². The van der Waals surface area contributed by atoms with Crippen LogP contribution in [0, 0.1) is 0 Å². The molecule has 0 bridgehead atoms. The zero-order chi connectivity index (χ0) is 22.6. The Morgan fingerprint density at radius 2 is 1.50 bits per heavy atom. The quantitative estimate of drug-likeness (QED) is 0.248. The van der Waals surface area contributed by atoms with Crippen molar-refractivity contribution >= 4 is 29.9 Å². The maximum Gasteiger partial charge on any atom is 0.191 e. The van der Waals surface area contributed by atoms with Crippen molar-refractivity contribution in [2.45, 2.75) is 19.4 Å². The fourth-order valence-electron chi connectivity index (χ4n) is 3.04. The van der Waals surface area contributed by atoms with Crippen molar-refractivity contribution in [3.8, 4) is 28.7 Å². The first-order valence-corrected chi connectivity index (χ1v) is 10.1. The first-order valence-electron chi connectivity index (χ1n) is 10.1. The fraction of sp³-hybridized carbons (Fsp3) is 0.435. The van der Waals surface area contributed by atoms with Crippen LogP contribution in [0.5, 0.6) is 28.7 Å². The second-order valence-electron chi connectivity index (χ2n) is 6.75. The average molecular weight is 559 g/mol. The van der Waals surface area contributed by atoms with Crippen LogP contribution in [0.4, 0.5) is 0 Å². The molecule has 9 heteroatoms. The van der Waals surface area contributed by atoms with Crippen molar-refractivity contribution in [1.29, 1.82) is 0 Å². The number of guanidine groups is 1. The molecule has 0 aromatic heterocycles. The van der Waals surface area contributed by atoms with Gasteiger partial charge in [-0.1, -0.05) is 6.07 Å². The van der Waals surface area contributed by atoms with Gasteiger partial charge >= 0.3 is 0 Å². The van der Waals surface area contributed by atoms with Gasteiger partial charge in [0.2, 0.25) is 0 Å². The largest absolute Gasteiger partial charge is 0.497 e. The van der Waals surface area contributed by atoms with E-state index in [4.69, 9.17) is 23.7 Å². The Morgan fingerprint density at radius 1 is 0.875 bits per heavy atom. The number of halogens is 1. The molecule has 32 heavy (non-hydrogen) atoms. The molecular weight excluding hydrogens is 525 g/mol. The minimum Gasteiger partial charge on any atom is -0.497 e. The molecule has 1 atom stereocenters. The van der Waals surface area contributed by atoms with Crippen LogP contribution >= 0.6 is 24.0 Å². The van der Waals surface area contributed by atoms with E-state index in [1.54, 1.807) is 35.5 Å². The average Bonchev–Trinajstić information content (AvgIpc) is 2.80. The third-order valence-corrected chi connectivity index (χ3v) is 4.64. The molecule has 178 valence electrons. The van der Waals surface area contributed by atoms with Crippen LogP contribution in [0.15, 0.2) is 41.4 Å². The zero-order valence-corrected chi connectivity index (χ0v) is 21.9. The van der Waals surface area contributed by atoms with Gasteiger partial charge in [0.1, 0.15) is 34.9 Å². The fourth-order valence-corrected chi connectivity index (χ4v) is 3.04. The minimum atomic E-state index is -0.0626. The highest BCUT2D eigenvalue weighted by atomic mass is 127. The molecule has 0 saturated heterocycles. The first-order chi connectivity index (χ1) is 15.0. The van der Waals surface area contributed by atoms with E-state index in [9.17, 15) is 0 Å². The first kappa shape index (κ1) is 27.5. The summed E-state index contributed by atoms with van der Waals surface area (Å²) in [7, 11) is 8.25. The van der Waals surface area contributed by atoms with E-state index in [-0.39, 0.29) is 30.1 Å². The molecule has 0 spiro atoms. The molecule has 2 aromatic rings. The van der Waals surface area contributed by atoms with E-state index >= 15 is 0 Å². The summed E-state index contributed by atoms with van der Waals surface area (Å²) < 4.78 is 27.5. The maximum absolute atomic E-state index is 5.94. The topological polar surface area (TPSA) is 82.6 Å². The van der Waals surface area contributed by atoms with Gasteiger partial charge in [-0.3, -0.25) is 4.99 Å². The summed E-state index contributed by atoms with van der Waals surface area (Å²) in [5.41, 5.74) is 0.962. The second-order valence-corrected chi connectivity index (χ2v) is 6.75. The van der Waals surface area contributed by atoms with Crippen molar-refractivity contribution in [3.05, 3.63) is 42.0 Å². The van der Waals surface area contributed by atoms with Crippen molar-refractivity contribution < 1.29 is 23.7 Å². The molecular formula is C23H34IN3O5. The van der Waals surface area contributed by atoms with Crippen LogP contribution < -0.4 is 34.3 Å². The predicted octanol–water partition coefficient (Wildman–Crippen LogP) is 3.51. The summed E-state index contributed by atoms with van der Waals surface area (Å²) in [4.78, 5) is 4.27. The van der Waals surface area contributed by atoms with E-state index in [1.807, 2.05) is 43.3 Å². The molecule has 8 nitrogen and oxygen atoms in total. The second kappa shape index (κ2) is 14.5. The molecule has 1 unspecified atom stereocenters. The Labute approximate surface area is 207 Å². The van der Waals surface area contributed by atoms with E-state index in [1.165, 1.54) is 0 Å². The third kappa shape index (κ3) is 8.18. The zero-order valence-electron chi connectivity index (χ0n) is 19.6. The lowest BCUT2D eigenvalue weighted by Gasteiger charge is -2.19. The van der Waals surface area contributed by atoms with Crippen LogP contribution in [0.3, 0.4) is 0 Å². The number of methoxy groups -OCH3 is 4. The van der Waals surface area contributed by atoms with Crippen molar-refractivity contribution in [2.75, 3.05) is 48.6 Å². The van der Waals surface area contributed by atoms with Gasteiger partial charge in [-0.2, -0.15) is 0 Å². The highest BCUT2D eigenvalue weighted by Gasteiger charge is 2.13. The molecule has 0 saturated carbocycles. The van der Waals surface area contributed by atoms with Crippen molar-refractivity contribution in [1.82, 2.24) is 10.6 Å². The predicted molar refractivity (Wildman–Crippen MR) is 138 cm³/mol. The molecule has 2 N–H and O–H groups in total. The molecule has 0 aliphatic carbocycles. The Morgan fingerprint density at radius 3 is 2.06 bits per heavy atom. The lowest BCUT2D eigenvalue weighted by Crippen LogP contribution is -2.42. The van der Waals surface area contributed by atoms with Gasteiger partial charge in [-0.15, -0.1) is 24.0 Å². The molecule has 0 heterocycles. The standard InChI is InChI=1S/C23H33N3O5.HI/c1-16(31-18-9-7-8-17(12-18)27-3)15-26-23(24-2)25-11-10-20-21(29-5)13-19(28-4)14-22(20)30-6;/h7-9,12-14,16H,10-11,15H2,1-6H3,(H2,24,25,26);1H. The number of benzene rings is 2. The normalized spacial score (nSPS) is 11.6. The number of nitrogens with zero attached hydrogens (tertiary/aromatic N) is 1. The molecule has 0 amide bonds. The van der Waals surface area contributed by atoms with Crippen LogP contribution in [0.25, 0.3) is 0 Å². The van der Waals surface area contributed by atoms with Gasteiger partial charge in [-0.05, 0) is 25.5 Å². The Bertz CT molecular complexity index is 838. The Balaban J connectivity index is 0.00000512. The van der Waals surface area contributed by atoms with E-state index in [0.717, 1.165) is 28.6 Å². The van der Waals surface area contributed by atoms with Crippen molar-refractivity contribution in [2.24, 2.45) is 4.99 Å². The van der Waals surface area contributed by atoms with Gasteiger partial charge in [-0.25, -0.2) is 0 Å². The Kier molecular flexibility index (Phi) is 12.4. The molecule has 2 aromatic carbocycles. The SMILES string of the molecule is CN=C(NCCc1c(OC)cc(OC)cc1OC)NCC(C)Oc1cccc(OC)c1.I. The van der Waals surface area contributed by atoms with Crippen LogP contribution in [0.2, 0.25) is 0 Å². The number of aliphatic imine (C=N–C) groups is 1. The molecule has 0 fully saturated rings. The Hall–Kier alpha value is -2.56. The number of hydrogen-bond acceptors (Lipinski definition) is 6. The summed E-state index contributed by atoms with van der Waals surface area (Å²) in [6, 6.07) is 11.2.